The summed E-state index contributed by atoms with van der Waals surface area (Å²) in [5.41, 5.74) is 3.98. The van der Waals surface area contributed by atoms with Crippen LogP contribution in [0.25, 0.3) is 0 Å². The highest BCUT2D eigenvalue weighted by molar-refractivity contribution is 8.13. The number of hydrogen-bond acceptors (Lipinski definition) is 5. The van der Waals surface area contributed by atoms with Crippen molar-refractivity contribution in [3.8, 4) is 0 Å². The van der Waals surface area contributed by atoms with E-state index in [9.17, 15) is 9.59 Å². The first kappa shape index (κ1) is 29.9. The molecule has 40 heavy (non-hydrogen) atoms. The van der Waals surface area contributed by atoms with Gasteiger partial charge >= 0.3 is 0 Å². The summed E-state index contributed by atoms with van der Waals surface area (Å²) in [5.74, 6) is 0.962. The van der Waals surface area contributed by atoms with Crippen LogP contribution in [0.3, 0.4) is 0 Å². The van der Waals surface area contributed by atoms with Crippen molar-refractivity contribution < 1.29 is 9.59 Å². The van der Waals surface area contributed by atoms with E-state index in [2.05, 4.69) is 22.5 Å². The molecule has 1 atom stereocenters. The maximum absolute atomic E-state index is 13.5. The number of fused-ring (bicyclic) bond motifs is 1. The highest BCUT2D eigenvalue weighted by Gasteiger charge is 2.37. The lowest BCUT2D eigenvalue weighted by molar-refractivity contribution is -0.116. The molecule has 1 saturated heterocycles. The second kappa shape index (κ2) is 15.7. The molecular formula is C33H44N4O2S. The van der Waals surface area contributed by atoms with Crippen molar-refractivity contribution in [2.45, 2.75) is 90.5 Å². The van der Waals surface area contributed by atoms with Crippen LogP contribution in [0.2, 0.25) is 0 Å². The number of nitrogens with zero attached hydrogens (tertiary/aromatic N) is 2. The van der Waals surface area contributed by atoms with Crippen LogP contribution in [0, 0.1) is 0 Å². The number of aliphatic imine (C=N–C) groups is 1. The van der Waals surface area contributed by atoms with E-state index in [1.54, 1.807) is 11.8 Å². The van der Waals surface area contributed by atoms with Gasteiger partial charge in [0, 0.05) is 30.1 Å². The standard InChI is InChI=1S/C33H44N4O2S/c1-3-4-5-6-7-8-9-10-14-18-29(38)35-28-21-19-26(20-22-28)31-30(32(39)36-27-16-12-11-13-17-27)25(2)34-33-37(31)23-15-24-40-33/h11-13,16-17,19-22,31H,3-10,14-15,18,23-24H2,1-2H3,(H,35,38)(H,36,39)/t31-/m1/s1. The predicted molar refractivity (Wildman–Crippen MR) is 169 cm³/mol. The number of amides is 2. The van der Waals surface area contributed by atoms with E-state index in [0.29, 0.717) is 12.0 Å². The topological polar surface area (TPSA) is 73.8 Å². The summed E-state index contributed by atoms with van der Waals surface area (Å²) in [6.45, 7) is 5.02. The Morgan fingerprint density at radius 2 is 1.52 bits per heavy atom. The Kier molecular flexibility index (Phi) is 11.7. The van der Waals surface area contributed by atoms with Gasteiger partial charge in [-0.2, -0.15) is 0 Å². The summed E-state index contributed by atoms with van der Waals surface area (Å²) in [6, 6.07) is 17.3. The molecule has 0 aromatic heterocycles. The lowest BCUT2D eigenvalue weighted by Gasteiger charge is -2.40. The lowest BCUT2D eigenvalue weighted by Crippen LogP contribution is -2.43. The molecule has 2 amide bonds. The second-order valence-corrected chi connectivity index (χ2v) is 11.8. The van der Waals surface area contributed by atoms with Crippen LogP contribution in [0.15, 0.2) is 70.9 Å². The lowest BCUT2D eigenvalue weighted by atomic mass is 9.93. The van der Waals surface area contributed by atoms with Gasteiger partial charge in [0.2, 0.25) is 5.91 Å². The average Bonchev–Trinajstić information content (AvgIpc) is 2.96. The number of unbranched alkanes of at least 4 members (excludes halogenated alkanes) is 8. The number of amidine groups is 1. The number of hydrogen-bond donors (Lipinski definition) is 2. The number of carbonyl (C=O) groups is 2. The van der Waals surface area contributed by atoms with Gasteiger partial charge in [-0.05, 0) is 49.6 Å². The maximum Gasteiger partial charge on any atom is 0.255 e. The number of para-hydroxylation sites is 1. The summed E-state index contributed by atoms with van der Waals surface area (Å²) in [6.07, 6.45) is 12.7. The van der Waals surface area contributed by atoms with Crippen LogP contribution in [0.5, 0.6) is 0 Å². The molecule has 2 aromatic rings. The molecule has 214 valence electrons. The predicted octanol–water partition coefficient (Wildman–Crippen LogP) is 8.31. The van der Waals surface area contributed by atoms with E-state index < -0.39 is 0 Å². The largest absolute Gasteiger partial charge is 0.340 e. The van der Waals surface area contributed by atoms with Gasteiger partial charge in [-0.3, -0.25) is 9.59 Å². The van der Waals surface area contributed by atoms with Crippen LogP contribution in [0.4, 0.5) is 11.4 Å². The molecule has 4 rings (SSSR count). The number of rotatable bonds is 14. The maximum atomic E-state index is 13.5. The summed E-state index contributed by atoms with van der Waals surface area (Å²) in [5, 5.41) is 7.09. The van der Waals surface area contributed by atoms with Crippen molar-refractivity contribution in [2.75, 3.05) is 22.9 Å². The Bertz CT molecular complexity index is 1180. The van der Waals surface area contributed by atoms with Crippen molar-refractivity contribution in [3.05, 3.63) is 71.4 Å². The van der Waals surface area contributed by atoms with Crippen molar-refractivity contribution in [1.29, 1.82) is 0 Å². The SMILES string of the molecule is CCCCCCCCCCCC(=O)Nc1ccc([C@@H]2C(C(=O)Nc3ccccc3)=C(C)N=C3SCCCN32)cc1. The Labute approximate surface area is 244 Å². The van der Waals surface area contributed by atoms with E-state index in [1.165, 1.54) is 44.9 Å². The first-order chi connectivity index (χ1) is 19.6. The van der Waals surface area contributed by atoms with E-state index in [0.717, 1.165) is 59.4 Å². The van der Waals surface area contributed by atoms with Crippen molar-refractivity contribution >= 4 is 40.1 Å². The third-order valence-corrected chi connectivity index (χ3v) is 8.63. The van der Waals surface area contributed by atoms with E-state index in [1.807, 2.05) is 61.5 Å². The van der Waals surface area contributed by atoms with Crippen LogP contribution < -0.4 is 10.6 Å². The monoisotopic (exact) mass is 560 g/mol. The second-order valence-electron chi connectivity index (χ2n) is 10.8. The minimum atomic E-state index is -0.226. The molecule has 0 radical (unpaired) electrons. The zero-order valence-electron chi connectivity index (χ0n) is 24.1. The number of anilines is 2. The normalized spacial score (nSPS) is 16.8. The average molecular weight is 561 g/mol. The fraction of sp³-hybridized carbons (Fsp3) is 0.485. The van der Waals surface area contributed by atoms with Gasteiger partial charge < -0.3 is 15.5 Å². The molecule has 2 aromatic carbocycles. The highest BCUT2D eigenvalue weighted by atomic mass is 32.2. The highest BCUT2D eigenvalue weighted by Crippen LogP contribution is 2.40. The van der Waals surface area contributed by atoms with Gasteiger partial charge in [0.05, 0.1) is 17.3 Å². The molecule has 0 bridgehead atoms. The molecule has 7 heteroatoms. The van der Waals surface area contributed by atoms with Gasteiger partial charge in [-0.1, -0.05) is 100 Å². The molecule has 2 aliphatic rings. The third-order valence-electron chi connectivity index (χ3n) is 7.55. The number of benzene rings is 2. The number of nitrogens with one attached hydrogen (secondary N) is 2. The van der Waals surface area contributed by atoms with Crippen LogP contribution in [-0.4, -0.2) is 34.2 Å². The molecule has 6 nitrogen and oxygen atoms in total. The van der Waals surface area contributed by atoms with Gasteiger partial charge in [0.15, 0.2) is 5.17 Å². The molecule has 0 unspecified atom stereocenters. The smallest absolute Gasteiger partial charge is 0.255 e. The summed E-state index contributed by atoms with van der Waals surface area (Å²) < 4.78 is 0. The summed E-state index contributed by atoms with van der Waals surface area (Å²) in [7, 11) is 0. The minimum Gasteiger partial charge on any atom is -0.340 e. The molecule has 0 aliphatic carbocycles. The minimum absolute atomic E-state index is 0.0638. The first-order valence-electron chi connectivity index (χ1n) is 15.0. The molecule has 0 spiro atoms. The zero-order valence-corrected chi connectivity index (χ0v) is 24.9. The third kappa shape index (κ3) is 8.47. The molecule has 2 heterocycles. The van der Waals surface area contributed by atoms with Gasteiger partial charge in [0.1, 0.15) is 0 Å². The summed E-state index contributed by atoms with van der Waals surface area (Å²) in [4.78, 5) is 33.2. The fourth-order valence-corrected chi connectivity index (χ4v) is 6.41. The van der Waals surface area contributed by atoms with Crippen LogP contribution in [0.1, 0.15) is 96.1 Å². The Morgan fingerprint density at radius 3 is 2.23 bits per heavy atom. The Balaban J connectivity index is 1.36. The fourth-order valence-electron chi connectivity index (χ4n) is 5.39. The molecule has 1 fully saturated rings. The number of carbonyl (C=O) groups excluding carboxylic acids is 2. The Morgan fingerprint density at radius 1 is 0.875 bits per heavy atom. The molecule has 0 saturated carbocycles. The number of thioether (sulfide) groups is 1. The molecular weight excluding hydrogens is 516 g/mol. The van der Waals surface area contributed by atoms with Crippen molar-refractivity contribution in [3.63, 3.8) is 0 Å². The van der Waals surface area contributed by atoms with E-state index in [4.69, 9.17) is 4.99 Å². The van der Waals surface area contributed by atoms with Crippen LogP contribution >= 0.6 is 11.8 Å². The zero-order chi connectivity index (χ0) is 28.2. The van der Waals surface area contributed by atoms with Gasteiger partial charge in [-0.25, -0.2) is 4.99 Å². The summed E-state index contributed by atoms with van der Waals surface area (Å²) >= 11 is 1.75. The molecule has 2 N–H and O–H groups in total. The van der Waals surface area contributed by atoms with Crippen molar-refractivity contribution in [1.82, 2.24) is 4.90 Å². The van der Waals surface area contributed by atoms with Gasteiger partial charge in [-0.15, -0.1) is 0 Å². The number of allylic oxidation sites excluding steroid dienone is 1. The van der Waals surface area contributed by atoms with E-state index in [-0.39, 0.29) is 17.9 Å². The molecule has 2 aliphatic heterocycles. The first-order valence-corrected chi connectivity index (χ1v) is 16.0. The van der Waals surface area contributed by atoms with Crippen LogP contribution in [-0.2, 0) is 9.59 Å². The van der Waals surface area contributed by atoms with Crippen molar-refractivity contribution in [2.24, 2.45) is 4.99 Å². The van der Waals surface area contributed by atoms with Gasteiger partial charge in [0.25, 0.3) is 5.91 Å². The van der Waals surface area contributed by atoms with E-state index >= 15 is 0 Å². The Hall–Kier alpha value is -3.06. The quantitative estimate of drug-likeness (QED) is 0.228.